The van der Waals surface area contributed by atoms with E-state index in [9.17, 15) is 4.79 Å². The van der Waals surface area contributed by atoms with Crippen molar-refractivity contribution in [1.82, 2.24) is 4.90 Å². The molecule has 3 nitrogen and oxygen atoms in total. The van der Waals surface area contributed by atoms with Crippen LogP contribution in [0.25, 0.3) is 0 Å². The van der Waals surface area contributed by atoms with Crippen molar-refractivity contribution < 1.29 is 4.79 Å². The topological polar surface area (TPSA) is 32.3 Å². The van der Waals surface area contributed by atoms with Gasteiger partial charge in [-0.1, -0.05) is 34.8 Å². The molecule has 1 N–H and O–H groups in total. The van der Waals surface area contributed by atoms with Crippen LogP contribution in [0.15, 0.2) is 28.7 Å². The second-order valence-corrected chi connectivity index (χ2v) is 5.98. The molecule has 104 valence electrons. The second kappa shape index (κ2) is 7.65. The van der Waals surface area contributed by atoms with Crippen LogP contribution >= 0.6 is 15.9 Å². The third kappa shape index (κ3) is 5.33. The molecule has 1 saturated heterocycles. The molecule has 1 heterocycles. The molecule has 2 rings (SSSR count). The zero-order chi connectivity index (χ0) is 13.5. The number of hydrogen-bond donors (Lipinski definition) is 1. The maximum Gasteiger partial charge on any atom is 0.225 e. The normalized spacial score (nSPS) is 16.9. The minimum atomic E-state index is 0.0994. The van der Waals surface area contributed by atoms with Gasteiger partial charge >= 0.3 is 0 Å². The van der Waals surface area contributed by atoms with Crippen molar-refractivity contribution in [3.8, 4) is 0 Å². The first-order valence-electron chi connectivity index (χ1n) is 7.02. The number of carbonyl (C=O) groups is 1. The van der Waals surface area contributed by atoms with E-state index in [1.165, 1.54) is 25.7 Å². The van der Waals surface area contributed by atoms with Crippen LogP contribution in [0.1, 0.15) is 32.1 Å². The lowest BCUT2D eigenvalue weighted by atomic mass is 10.2. The number of nitrogens with zero attached hydrogens (tertiary/aromatic N) is 1. The van der Waals surface area contributed by atoms with Crippen LogP contribution in [0.2, 0.25) is 0 Å². The Bertz CT molecular complexity index is 414. The maximum absolute atomic E-state index is 11.9. The fraction of sp³-hybridized carbons (Fsp3) is 0.533. The summed E-state index contributed by atoms with van der Waals surface area (Å²) in [7, 11) is 0. The molecule has 1 aliphatic heterocycles. The van der Waals surface area contributed by atoms with Crippen molar-refractivity contribution >= 4 is 27.5 Å². The van der Waals surface area contributed by atoms with Gasteiger partial charge in [-0.3, -0.25) is 4.79 Å². The highest BCUT2D eigenvalue weighted by Crippen LogP contribution is 2.16. The minimum Gasteiger partial charge on any atom is -0.326 e. The smallest absolute Gasteiger partial charge is 0.225 e. The molecule has 0 spiro atoms. The van der Waals surface area contributed by atoms with Crippen molar-refractivity contribution in [3.05, 3.63) is 28.7 Å². The van der Waals surface area contributed by atoms with Crippen molar-refractivity contribution in [2.75, 3.05) is 25.0 Å². The Morgan fingerprint density at radius 1 is 1.21 bits per heavy atom. The monoisotopic (exact) mass is 324 g/mol. The average Bonchev–Trinajstić information content (AvgIpc) is 2.65. The van der Waals surface area contributed by atoms with E-state index in [-0.39, 0.29) is 5.91 Å². The number of halogens is 1. The van der Waals surface area contributed by atoms with E-state index in [1.807, 2.05) is 24.3 Å². The molecule has 1 aromatic carbocycles. The summed E-state index contributed by atoms with van der Waals surface area (Å²) in [5.41, 5.74) is 0.857. The Hall–Kier alpha value is -0.870. The minimum absolute atomic E-state index is 0.0994. The van der Waals surface area contributed by atoms with Crippen molar-refractivity contribution in [1.29, 1.82) is 0 Å². The van der Waals surface area contributed by atoms with Gasteiger partial charge in [0.1, 0.15) is 0 Å². The summed E-state index contributed by atoms with van der Waals surface area (Å²) in [6.45, 7) is 3.16. The molecule has 1 fully saturated rings. The number of anilines is 1. The van der Waals surface area contributed by atoms with Crippen molar-refractivity contribution in [2.24, 2.45) is 0 Å². The number of rotatable bonds is 4. The molecule has 0 saturated carbocycles. The molecular formula is C15H21BrN2O. The summed E-state index contributed by atoms with van der Waals surface area (Å²) in [6, 6.07) is 7.71. The molecule has 0 radical (unpaired) electrons. The van der Waals surface area contributed by atoms with Gasteiger partial charge in [0.15, 0.2) is 0 Å². The molecular weight excluding hydrogens is 304 g/mol. The van der Waals surface area contributed by atoms with Gasteiger partial charge in [-0.2, -0.15) is 0 Å². The summed E-state index contributed by atoms with van der Waals surface area (Å²) in [6.07, 6.45) is 5.79. The first-order chi connectivity index (χ1) is 9.24. The Balaban J connectivity index is 1.75. The van der Waals surface area contributed by atoms with E-state index in [4.69, 9.17) is 0 Å². The third-order valence-corrected chi connectivity index (χ3v) is 3.96. The molecule has 19 heavy (non-hydrogen) atoms. The molecule has 0 aromatic heterocycles. The summed E-state index contributed by atoms with van der Waals surface area (Å²) in [5, 5.41) is 2.94. The van der Waals surface area contributed by atoms with E-state index in [2.05, 4.69) is 26.1 Å². The van der Waals surface area contributed by atoms with Gasteiger partial charge in [-0.05, 0) is 44.1 Å². The molecule has 0 atom stereocenters. The fourth-order valence-electron chi connectivity index (χ4n) is 2.41. The number of hydrogen-bond acceptors (Lipinski definition) is 2. The van der Waals surface area contributed by atoms with Crippen molar-refractivity contribution in [2.45, 2.75) is 32.1 Å². The zero-order valence-electron chi connectivity index (χ0n) is 11.2. The summed E-state index contributed by atoms with van der Waals surface area (Å²) < 4.78 is 0.984. The summed E-state index contributed by atoms with van der Waals surface area (Å²) in [4.78, 5) is 14.3. The summed E-state index contributed by atoms with van der Waals surface area (Å²) >= 11 is 3.40. The van der Waals surface area contributed by atoms with Crippen LogP contribution in [-0.2, 0) is 4.79 Å². The average molecular weight is 325 g/mol. The van der Waals surface area contributed by atoms with Gasteiger partial charge in [-0.15, -0.1) is 0 Å². The van der Waals surface area contributed by atoms with Gasteiger partial charge in [-0.25, -0.2) is 0 Å². The van der Waals surface area contributed by atoms with E-state index < -0.39 is 0 Å². The molecule has 0 aliphatic carbocycles. The summed E-state index contributed by atoms with van der Waals surface area (Å²) in [5.74, 6) is 0.0994. The van der Waals surface area contributed by atoms with Crippen LogP contribution in [0.5, 0.6) is 0 Å². The SMILES string of the molecule is O=C(CCN1CCCCCC1)Nc1cccc(Br)c1. The highest BCUT2D eigenvalue weighted by molar-refractivity contribution is 9.10. The predicted molar refractivity (Wildman–Crippen MR) is 82.3 cm³/mol. The highest BCUT2D eigenvalue weighted by Gasteiger charge is 2.10. The van der Waals surface area contributed by atoms with Crippen LogP contribution < -0.4 is 5.32 Å². The Kier molecular flexibility index (Phi) is 5.86. The van der Waals surface area contributed by atoms with E-state index >= 15 is 0 Å². The standard InChI is InChI=1S/C15H21BrN2O/c16-13-6-5-7-14(12-13)17-15(19)8-11-18-9-3-1-2-4-10-18/h5-7,12H,1-4,8-11H2,(H,17,19). The van der Waals surface area contributed by atoms with Crippen molar-refractivity contribution in [3.63, 3.8) is 0 Å². The molecule has 1 aliphatic rings. The first kappa shape index (κ1) is 14.5. The third-order valence-electron chi connectivity index (χ3n) is 3.46. The Morgan fingerprint density at radius 3 is 2.63 bits per heavy atom. The number of amides is 1. The zero-order valence-corrected chi connectivity index (χ0v) is 12.8. The first-order valence-corrected chi connectivity index (χ1v) is 7.81. The number of carbonyl (C=O) groups excluding carboxylic acids is 1. The second-order valence-electron chi connectivity index (χ2n) is 5.06. The fourth-order valence-corrected chi connectivity index (χ4v) is 2.81. The van der Waals surface area contributed by atoms with Gasteiger partial charge in [0.2, 0.25) is 5.91 Å². The Labute approximate surface area is 123 Å². The lowest BCUT2D eigenvalue weighted by Crippen LogP contribution is -2.28. The van der Waals surface area contributed by atoms with Gasteiger partial charge in [0.25, 0.3) is 0 Å². The largest absolute Gasteiger partial charge is 0.326 e. The molecule has 0 unspecified atom stereocenters. The lowest BCUT2D eigenvalue weighted by Gasteiger charge is -2.19. The van der Waals surface area contributed by atoms with Crippen LogP contribution in [0, 0.1) is 0 Å². The number of nitrogens with one attached hydrogen (secondary N) is 1. The maximum atomic E-state index is 11.9. The van der Waals surface area contributed by atoms with Crippen LogP contribution in [0.4, 0.5) is 5.69 Å². The van der Waals surface area contributed by atoms with Gasteiger partial charge in [0, 0.05) is 23.1 Å². The molecule has 1 amide bonds. The van der Waals surface area contributed by atoms with Gasteiger partial charge in [0.05, 0.1) is 0 Å². The Morgan fingerprint density at radius 2 is 1.95 bits per heavy atom. The van der Waals surface area contributed by atoms with Crippen LogP contribution in [0.3, 0.4) is 0 Å². The number of benzene rings is 1. The predicted octanol–water partition coefficient (Wildman–Crippen LogP) is 3.65. The molecule has 4 heteroatoms. The van der Waals surface area contributed by atoms with E-state index in [0.29, 0.717) is 6.42 Å². The van der Waals surface area contributed by atoms with E-state index in [1.54, 1.807) is 0 Å². The van der Waals surface area contributed by atoms with Gasteiger partial charge < -0.3 is 10.2 Å². The van der Waals surface area contributed by atoms with E-state index in [0.717, 1.165) is 29.8 Å². The lowest BCUT2D eigenvalue weighted by molar-refractivity contribution is -0.116. The molecule has 1 aromatic rings. The number of likely N-dealkylation sites (tertiary alicyclic amines) is 1. The molecule has 0 bridgehead atoms. The quantitative estimate of drug-likeness (QED) is 0.916. The van der Waals surface area contributed by atoms with Crippen LogP contribution in [-0.4, -0.2) is 30.4 Å². The highest BCUT2D eigenvalue weighted by atomic mass is 79.9.